The van der Waals surface area contributed by atoms with E-state index in [-0.39, 0.29) is 25.6 Å². The van der Waals surface area contributed by atoms with E-state index < -0.39 is 36.0 Å². The fraction of sp³-hybridized carbons (Fsp3) is 0.375. The van der Waals surface area contributed by atoms with Crippen LogP contribution in [0.5, 0.6) is 0 Å². The van der Waals surface area contributed by atoms with Crippen molar-refractivity contribution in [1.82, 2.24) is 10.6 Å². The quantitative estimate of drug-likeness (QED) is 0.475. The number of carbonyl (C=O) groups excluding carboxylic acids is 2. The first-order valence-electron chi connectivity index (χ1n) is 10.6. The Hall–Kier alpha value is -3.39. The van der Waals surface area contributed by atoms with Gasteiger partial charge in [-0.1, -0.05) is 55.5 Å². The van der Waals surface area contributed by atoms with Crippen molar-refractivity contribution in [2.75, 3.05) is 13.2 Å². The zero-order chi connectivity index (χ0) is 23.3. The number of carbonyl (C=O) groups is 3. The number of carboxylic acids is 1. The monoisotopic (exact) mass is 440 g/mol. The minimum absolute atomic E-state index is 0.0704. The largest absolute Gasteiger partial charge is 0.480 e. The lowest BCUT2D eigenvalue weighted by Gasteiger charge is -2.23. The van der Waals surface area contributed by atoms with Gasteiger partial charge in [0.25, 0.3) is 0 Å². The topological polar surface area (TPSA) is 125 Å². The minimum Gasteiger partial charge on any atom is -0.480 e. The number of ether oxygens (including phenoxy) is 1. The number of aliphatic carboxylic acids is 1. The van der Waals surface area contributed by atoms with Crippen LogP contribution in [-0.4, -0.2) is 53.5 Å². The van der Waals surface area contributed by atoms with Crippen molar-refractivity contribution in [1.29, 1.82) is 0 Å². The molecule has 2 aromatic rings. The van der Waals surface area contributed by atoms with Crippen LogP contribution < -0.4 is 10.6 Å². The summed E-state index contributed by atoms with van der Waals surface area (Å²) in [6, 6.07) is 14.3. The van der Waals surface area contributed by atoms with Crippen molar-refractivity contribution in [3.8, 4) is 11.1 Å². The number of benzene rings is 2. The molecule has 0 aliphatic heterocycles. The van der Waals surface area contributed by atoms with E-state index in [1.54, 1.807) is 13.8 Å². The van der Waals surface area contributed by atoms with Crippen LogP contribution in [0, 0.1) is 5.92 Å². The van der Waals surface area contributed by atoms with Crippen LogP contribution in [0.4, 0.5) is 4.79 Å². The zero-order valence-electron chi connectivity index (χ0n) is 18.1. The maximum absolute atomic E-state index is 12.4. The molecular formula is C24H28N2O6. The van der Waals surface area contributed by atoms with Gasteiger partial charge in [-0.3, -0.25) is 4.79 Å². The molecule has 170 valence electrons. The molecule has 1 aliphatic carbocycles. The Morgan fingerprint density at radius 3 is 2.06 bits per heavy atom. The summed E-state index contributed by atoms with van der Waals surface area (Å²) in [6.07, 6.45) is -0.744. The smallest absolute Gasteiger partial charge is 0.407 e. The minimum atomic E-state index is -1.23. The lowest BCUT2D eigenvalue weighted by atomic mass is 9.98. The number of aliphatic hydroxyl groups excluding tert-OH is 1. The highest BCUT2D eigenvalue weighted by atomic mass is 16.5. The second kappa shape index (κ2) is 10.3. The van der Waals surface area contributed by atoms with Gasteiger partial charge in [0.1, 0.15) is 12.6 Å². The molecule has 0 heterocycles. The van der Waals surface area contributed by atoms with E-state index in [4.69, 9.17) is 14.9 Å². The van der Waals surface area contributed by atoms with E-state index in [9.17, 15) is 14.4 Å². The van der Waals surface area contributed by atoms with Crippen molar-refractivity contribution >= 4 is 18.0 Å². The maximum atomic E-state index is 12.4. The number of aliphatic hydroxyl groups is 1. The number of nitrogens with one attached hydrogen (secondary N) is 2. The Bertz CT molecular complexity index is 946. The highest BCUT2D eigenvalue weighted by Crippen LogP contribution is 2.44. The van der Waals surface area contributed by atoms with E-state index in [2.05, 4.69) is 22.8 Å². The Morgan fingerprint density at radius 1 is 0.969 bits per heavy atom. The molecule has 8 heteroatoms. The predicted molar refractivity (Wildman–Crippen MR) is 118 cm³/mol. The molecule has 4 N–H and O–H groups in total. The molecular weight excluding hydrogens is 412 g/mol. The molecule has 0 radical (unpaired) electrons. The predicted octanol–water partition coefficient (Wildman–Crippen LogP) is 2.50. The Morgan fingerprint density at radius 2 is 1.53 bits per heavy atom. The standard InChI is InChI=1S/C24H28N2O6/c1-14(22(28)26-21(11-12-27)23(29)30)15(2)25-24(31)32-13-20-18-9-5-3-7-16(18)17-8-4-6-10-19(17)20/h3-10,14-15,20-21,27H,11-13H2,1-2H3,(H,25,31)(H,26,28)(H,29,30)/t14?,15?,21-/m1/s1. The second-order valence-electron chi connectivity index (χ2n) is 7.96. The number of carboxylic acid groups (broad SMARTS) is 1. The van der Waals surface area contributed by atoms with Crippen LogP contribution >= 0.6 is 0 Å². The molecule has 0 spiro atoms. The lowest BCUT2D eigenvalue weighted by Crippen LogP contribution is -2.49. The molecule has 2 amide bonds. The van der Waals surface area contributed by atoms with Gasteiger partial charge < -0.3 is 25.6 Å². The van der Waals surface area contributed by atoms with Crippen molar-refractivity contribution in [3.05, 3.63) is 59.7 Å². The van der Waals surface area contributed by atoms with Gasteiger partial charge in [0.05, 0.1) is 5.92 Å². The number of hydrogen-bond donors (Lipinski definition) is 4. The van der Waals surface area contributed by atoms with Gasteiger partial charge in [0, 0.05) is 25.0 Å². The molecule has 8 nitrogen and oxygen atoms in total. The molecule has 1 aliphatic rings. The van der Waals surface area contributed by atoms with Gasteiger partial charge in [0.15, 0.2) is 0 Å². The Balaban J connectivity index is 1.57. The first-order valence-corrected chi connectivity index (χ1v) is 10.6. The van der Waals surface area contributed by atoms with Gasteiger partial charge in [-0.2, -0.15) is 0 Å². The number of rotatable bonds is 9. The van der Waals surface area contributed by atoms with Crippen LogP contribution in [0.1, 0.15) is 37.3 Å². The highest BCUT2D eigenvalue weighted by molar-refractivity contribution is 5.85. The summed E-state index contributed by atoms with van der Waals surface area (Å²) in [6.45, 7) is 3.03. The molecule has 3 atom stereocenters. The summed E-state index contributed by atoms with van der Waals surface area (Å²) in [4.78, 5) is 35.9. The maximum Gasteiger partial charge on any atom is 0.407 e. The van der Waals surface area contributed by atoms with Crippen LogP contribution in [0.15, 0.2) is 48.5 Å². The average molecular weight is 440 g/mol. The number of hydrogen-bond acceptors (Lipinski definition) is 5. The van der Waals surface area contributed by atoms with Crippen LogP contribution in [0.2, 0.25) is 0 Å². The number of fused-ring (bicyclic) bond motifs is 3. The SMILES string of the molecule is CC(NC(=O)OCC1c2ccccc2-c2ccccc21)C(C)C(=O)N[C@H](CCO)C(=O)O. The van der Waals surface area contributed by atoms with Crippen LogP contribution in [0.3, 0.4) is 0 Å². The van der Waals surface area contributed by atoms with Gasteiger partial charge in [-0.15, -0.1) is 0 Å². The van der Waals surface area contributed by atoms with Gasteiger partial charge >= 0.3 is 12.1 Å². The van der Waals surface area contributed by atoms with Crippen molar-refractivity contribution in [2.45, 2.75) is 38.3 Å². The number of alkyl carbamates (subject to hydrolysis) is 1. The van der Waals surface area contributed by atoms with Gasteiger partial charge in [0.2, 0.25) is 5.91 Å². The third-order valence-electron chi connectivity index (χ3n) is 5.89. The molecule has 0 aromatic heterocycles. The fourth-order valence-electron chi connectivity index (χ4n) is 3.87. The molecule has 0 saturated carbocycles. The molecule has 0 bridgehead atoms. The summed E-state index contributed by atoms with van der Waals surface area (Å²) in [5.41, 5.74) is 4.47. The normalized spacial score (nSPS) is 15.1. The third kappa shape index (κ3) is 5.08. The van der Waals surface area contributed by atoms with E-state index in [0.717, 1.165) is 22.3 Å². The van der Waals surface area contributed by atoms with Gasteiger partial charge in [-0.05, 0) is 29.2 Å². The number of amides is 2. The van der Waals surface area contributed by atoms with Crippen molar-refractivity contribution < 1.29 is 29.3 Å². The lowest BCUT2D eigenvalue weighted by molar-refractivity contribution is -0.143. The highest BCUT2D eigenvalue weighted by Gasteiger charge is 2.30. The van der Waals surface area contributed by atoms with E-state index >= 15 is 0 Å². The third-order valence-corrected chi connectivity index (χ3v) is 5.89. The fourth-order valence-corrected chi connectivity index (χ4v) is 3.87. The van der Waals surface area contributed by atoms with E-state index in [0.29, 0.717) is 0 Å². The summed E-state index contributed by atoms with van der Waals surface area (Å²) in [7, 11) is 0. The molecule has 2 aromatic carbocycles. The van der Waals surface area contributed by atoms with E-state index in [1.807, 2.05) is 36.4 Å². The zero-order valence-corrected chi connectivity index (χ0v) is 18.1. The van der Waals surface area contributed by atoms with Crippen molar-refractivity contribution in [2.24, 2.45) is 5.92 Å². The first kappa shape index (κ1) is 23.3. The Kier molecular flexibility index (Phi) is 7.48. The van der Waals surface area contributed by atoms with Gasteiger partial charge in [-0.25, -0.2) is 9.59 Å². The first-order chi connectivity index (χ1) is 15.3. The second-order valence-corrected chi connectivity index (χ2v) is 7.96. The van der Waals surface area contributed by atoms with Crippen molar-refractivity contribution in [3.63, 3.8) is 0 Å². The molecule has 2 unspecified atom stereocenters. The average Bonchev–Trinajstić information content (AvgIpc) is 3.10. The summed E-state index contributed by atoms with van der Waals surface area (Å²) < 4.78 is 5.49. The summed E-state index contributed by atoms with van der Waals surface area (Å²) in [5.74, 6) is -2.52. The molecule has 0 saturated heterocycles. The van der Waals surface area contributed by atoms with Crippen LogP contribution in [0.25, 0.3) is 11.1 Å². The van der Waals surface area contributed by atoms with E-state index in [1.165, 1.54) is 0 Å². The molecule has 3 rings (SSSR count). The summed E-state index contributed by atoms with van der Waals surface area (Å²) in [5, 5.41) is 23.1. The van der Waals surface area contributed by atoms with Crippen LogP contribution in [-0.2, 0) is 14.3 Å². The molecule has 0 fully saturated rings. The molecule has 32 heavy (non-hydrogen) atoms. The summed E-state index contributed by atoms with van der Waals surface area (Å²) >= 11 is 0. The Labute approximate surface area is 186 Å².